The van der Waals surface area contributed by atoms with Crippen molar-refractivity contribution in [2.75, 3.05) is 18.5 Å². The fourth-order valence-electron chi connectivity index (χ4n) is 3.06. The average Bonchev–Trinajstić information content (AvgIpc) is 3.20. The number of aliphatic hydroxyl groups excluding tert-OH is 3. The summed E-state index contributed by atoms with van der Waals surface area (Å²) in [5.41, 5.74) is 0.911. The van der Waals surface area contributed by atoms with E-state index >= 15 is 0 Å². The van der Waals surface area contributed by atoms with Crippen LogP contribution >= 0.6 is 0 Å². The fourth-order valence-corrected chi connectivity index (χ4v) is 3.06. The molecular weight excluding hydrogens is 358 g/mol. The zero-order chi connectivity index (χ0) is 19.4. The van der Waals surface area contributed by atoms with Crippen molar-refractivity contribution < 1.29 is 30.0 Å². The number of carboxylic acid groups (broad SMARTS) is 1. The second kappa shape index (κ2) is 8.57. The van der Waals surface area contributed by atoms with Crippen LogP contribution in [0.4, 0.5) is 5.82 Å². The number of nitrogens with one attached hydrogen (secondary N) is 1. The summed E-state index contributed by atoms with van der Waals surface area (Å²) in [5, 5.41) is 41.1. The second-order valence-corrected chi connectivity index (χ2v) is 6.41. The van der Waals surface area contributed by atoms with Gasteiger partial charge in [0.05, 0.1) is 12.9 Å². The molecule has 11 nitrogen and oxygen atoms in total. The monoisotopic (exact) mass is 381 g/mol. The number of unbranched alkanes of at least 4 members (excludes halogenated alkanes) is 2. The molecule has 3 rings (SSSR count). The summed E-state index contributed by atoms with van der Waals surface area (Å²) in [6, 6.07) is 0. The van der Waals surface area contributed by atoms with E-state index in [-0.39, 0.29) is 6.42 Å². The third-order valence-corrected chi connectivity index (χ3v) is 4.51. The molecule has 0 spiro atoms. The fraction of sp³-hybridized carbons (Fsp3) is 0.625. The summed E-state index contributed by atoms with van der Waals surface area (Å²) >= 11 is 0. The molecular formula is C16H23N5O6. The van der Waals surface area contributed by atoms with Crippen molar-refractivity contribution in [1.29, 1.82) is 0 Å². The zero-order valence-corrected chi connectivity index (χ0v) is 14.6. The highest BCUT2D eigenvalue weighted by molar-refractivity contribution is 5.82. The molecule has 1 aliphatic heterocycles. The van der Waals surface area contributed by atoms with Gasteiger partial charge in [0, 0.05) is 13.0 Å². The standard InChI is InChI=1S/C16H23N5O6/c22-6-9-12(25)13(26)16(27-9)21-8-20-11-14(18-7-19-15(11)21)17-5-3-1-2-4-10(23)24/h7-9,12-13,16,22,25-26H,1-6H2,(H,23,24)(H,17,18,19)/t9-,12-,13-,16-/m1/s1. The van der Waals surface area contributed by atoms with E-state index in [9.17, 15) is 20.1 Å². The largest absolute Gasteiger partial charge is 0.481 e. The van der Waals surface area contributed by atoms with E-state index in [1.807, 2.05) is 0 Å². The molecule has 1 fully saturated rings. The van der Waals surface area contributed by atoms with Crippen LogP contribution in [0.1, 0.15) is 31.9 Å². The summed E-state index contributed by atoms with van der Waals surface area (Å²) in [5.74, 6) is -0.278. The first-order valence-electron chi connectivity index (χ1n) is 8.78. The van der Waals surface area contributed by atoms with E-state index in [4.69, 9.17) is 9.84 Å². The minimum atomic E-state index is -1.22. The zero-order valence-electron chi connectivity index (χ0n) is 14.6. The number of imidazole rings is 1. The van der Waals surface area contributed by atoms with Gasteiger partial charge in [0.15, 0.2) is 23.2 Å². The summed E-state index contributed by atoms with van der Waals surface area (Å²) in [6.07, 6.45) is 0.921. The lowest BCUT2D eigenvalue weighted by atomic mass is 10.1. The Hall–Kier alpha value is -2.34. The Labute approximate surface area is 154 Å². The molecule has 0 bridgehead atoms. The second-order valence-electron chi connectivity index (χ2n) is 6.41. The van der Waals surface area contributed by atoms with Gasteiger partial charge < -0.3 is 30.5 Å². The molecule has 2 aromatic rings. The van der Waals surface area contributed by atoms with Crippen LogP contribution in [0.15, 0.2) is 12.7 Å². The maximum Gasteiger partial charge on any atom is 0.303 e. The van der Waals surface area contributed by atoms with Gasteiger partial charge in [-0.3, -0.25) is 9.36 Å². The number of aliphatic carboxylic acids is 1. The SMILES string of the molecule is O=C(O)CCCCCNc1ncnc2c1ncn2[C@@H]1O[C@H](CO)[C@@H](O)[C@H]1O. The lowest BCUT2D eigenvalue weighted by molar-refractivity contribution is -0.137. The van der Waals surface area contributed by atoms with Gasteiger partial charge in [-0.1, -0.05) is 6.42 Å². The minimum Gasteiger partial charge on any atom is -0.481 e. The number of aliphatic hydroxyl groups is 3. The van der Waals surface area contributed by atoms with Gasteiger partial charge in [-0.2, -0.15) is 0 Å². The first-order valence-corrected chi connectivity index (χ1v) is 8.78. The van der Waals surface area contributed by atoms with Gasteiger partial charge >= 0.3 is 5.97 Å². The van der Waals surface area contributed by atoms with E-state index in [1.165, 1.54) is 17.2 Å². The number of fused-ring (bicyclic) bond motifs is 1. The summed E-state index contributed by atoms with van der Waals surface area (Å²) in [6.45, 7) is 0.192. The normalized spacial score (nSPS) is 25.1. The Morgan fingerprint density at radius 1 is 1.19 bits per heavy atom. The van der Waals surface area contributed by atoms with E-state index in [0.29, 0.717) is 29.9 Å². The maximum absolute atomic E-state index is 10.5. The summed E-state index contributed by atoms with van der Waals surface area (Å²) in [7, 11) is 0. The van der Waals surface area contributed by atoms with Crippen molar-refractivity contribution in [3.8, 4) is 0 Å². The molecule has 0 unspecified atom stereocenters. The molecule has 148 valence electrons. The Morgan fingerprint density at radius 2 is 2.00 bits per heavy atom. The smallest absolute Gasteiger partial charge is 0.303 e. The van der Waals surface area contributed by atoms with E-state index in [1.54, 1.807) is 0 Å². The quantitative estimate of drug-likeness (QED) is 0.358. The van der Waals surface area contributed by atoms with Crippen LogP contribution in [0.3, 0.4) is 0 Å². The first-order chi connectivity index (χ1) is 13.0. The third kappa shape index (κ3) is 4.16. The Bertz CT molecular complexity index is 784. The van der Waals surface area contributed by atoms with Crippen LogP contribution in [-0.4, -0.2) is 77.4 Å². The van der Waals surface area contributed by atoms with E-state index in [2.05, 4.69) is 20.3 Å². The predicted octanol–water partition coefficient (Wildman–Crippen LogP) is -0.505. The topological polar surface area (TPSA) is 163 Å². The Morgan fingerprint density at radius 3 is 2.70 bits per heavy atom. The Balaban J connectivity index is 1.67. The number of rotatable bonds is 9. The van der Waals surface area contributed by atoms with Crippen molar-refractivity contribution in [1.82, 2.24) is 19.5 Å². The van der Waals surface area contributed by atoms with Crippen molar-refractivity contribution in [3.05, 3.63) is 12.7 Å². The van der Waals surface area contributed by atoms with Crippen molar-refractivity contribution >= 4 is 23.0 Å². The van der Waals surface area contributed by atoms with Crippen LogP contribution in [0, 0.1) is 0 Å². The molecule has 0 aromatic carbocycles. The molecule has 1 saturated heterocycles. The van der Waals surface area contributed by atoms with Crippen LogP contribution < -0.4 is 5.32 Å². The Kier molecular flexibility index (Phi) is 6.16. The van der Waals surface area contributed by atoms with E-state index in [0.717, 1.165) is 12.8 Å². The molecule has 0 aliphatic carbocycles. The highest BCUT2D eigenvalue weighted by Gasteiger charge is 2.44. The third-order valence-electron chi connectivity index (χ3n) is 4.51. The molecule has 11 heteroatoms. The maximum atomic E-state index is 10.5. The van der Waals surface area contributed by atoms with Gasteiger partial charge in [0.1, 0.15) is 24.6 Å². The van der Waals surface area contributed by atoms with Gasteiger partial charge in [-0.15, -0.1) is 0 Å². The molecule has 0 amide bonds. The van der Waals surface area contributed by atoms with Gasteiger partial charge in [-0.25, -0.2) is 15.0 Å². The first kappa shape index (κ1) is 19.4. The van der Waals surface area contributed by atoms with Gasteiger partial charge in [0.2, 0.25) is 0 Å². The predicted molar refractivity (Wildman–Crippen MR) is 92.9 cm³/mol. The van der Waals surface area contributed by atoms with Crippen LogP contribution in [-0.2, 0) is 9.53 Å². The van der Waals surface area contributed by atoms with Crippen LogP contribution in [0.2, 0.25) is 0 Å². The lowest BCUT2D eigenvalue weighted by Gasteiger charge is -2.16. The summed E-state index contributed by atoms with van der Waals surface area (Å²) < 4.78 is 7.02. The number of hydrogen-bond donors (Lipinski definition) is 5. The van der Waals surface area contributed by atoms with Crippen molar-refractivity contribution in [2.24, 2.45) is 0 Å². The average molecular weight is 381 g/mol. The van der Waals surface area contributed by atoms with Crippen LogP contribution in [0.25, 0.3) is 11.2 Å². The molecule has 5 N–H and O–H groups in total. The molecule has 0 saturated carbocycles. The highest BCUT2D eigenvalue weighted by Crippen LogP contribution is 2.32. The minimum absolute atomic E-state index is 0.159. The van der Waals surface area contributed by atoms with Gasteiger partial charge in [-0.05, 0) is 12.8 Å². The van der Waals surface area contributed by atoms with Crippen molar-refractivity contribution in [2.45, 2.75) is 50.2 Å². The number of nitrogens with zero attached hydrogens (tertiary/aromatic N) is 4. The lowest BCUT2D eigenvalue weighted by Crippen LogP contribution is -2.33. The number of carboxylic acids is 1. The highest BCUT2D eigenvalue weighted by atomic mass is 16.6. The molecule has 4 atom stereocenters. The van der Waals surface area contributed by atoms with Crippen molar-refractivity contribution in [3.63, 3.8) is 0 Å². The van der Waals surface area contributed by atoms with E-state index < -0.39 is 37.1 Å². The number of anilines is 1. The number of aromatic nitrogens is 4. The number of hydrogen-bond acceptors (Lipinski definition) is 9. The molecule has 27 heavy (non-hydrogen) atoms. The molecule has 1 aliphatic rings. The molecule has 0 radical (unpaired) electrons. The van der Waals surface area contributed by atoms with Crippen LogP contribution in [0.5, 0.6) is 0 Å². The van der Waals surface area contributed by atoms with Gasteiger partial charge in [0.25, 0.3) is 0 Å². The number of carbonyl (C=O) groups is 1. The molecule has 3 heterocycles. The number of ether oxygens (including phenoxy) is 1. The summed E-state index contributed by atoms with van der Waals surface area (Å²) in [4.78, 5) is 23.1. The molecule has 2 aromatic heterocycles.